The van der Waals surface area contributed by atoms with Gasteiger partial charge in [-0.3, -0.25) is 4.57 Å². The number of rotatable bonds is 11. The summed E-state index contributed by atoms with van der Waals surface area (Å²) in [6.07, 6.45) is 0. The van der Waals surface area contributed by atoms with E-state index in [0.29, 0.717) is 23.3 Å². The lowest BCUT2D eigenvalue weighted by molar-refractivity contribution is 0.954. The van der Waals surface area contributed by atoms with Crippen LogP contribution in [0.4, 0.5) is 5.69 Å². The lowest BCUT2D eigenvalue weighted by atomic mass is 10.1. The van der Waals surface area contributed by atoms with Crippen molar-refractivity contribution < 1.29 is 0 Å². The third-order valence-electron chi connectivity index (χ3n) is 14.0. The Hall–Kier alpha value is -9.07. The summed E-state index contributed by atoms with van der Waals surface area (Å²) < 4.78 is 2.13. The van der Waals surface area contributed by atoms with E-state index in [1.54, 1.807) is 0 Å². The molecule has 0 radical (unpaired) electrons. The SMILES string of the molecule is [C-]#[N+]c1ccc2c(c1)c1ccccc1n2-c1nc(-c2cccc([Si](c3ccccc3)(c3ccccc3)c3ccccc3)c2)nc(-c2cccc([Si](c3ccccc3)(c3ccccc3)c3ccccc3)c2)n1. The van der Waals surface area contributed by atoms with Gasteiger partial charge < -0.3 is 0 Å². The Balaban J connectivity index is 1.13. The van der Waals surface area contributed by atoms with E-state index in [0.717, 1.165) is 32.9 Å². The van der Waals surface area contributed by atoms with Crippen molar-refractivity contribution in [2.45, 2.75) is 0 Å². The molecule has 334 valence electrons. The first-order chi connectivity index (χ1) is 35.2. The molecule has 2 heterocycles. The first-order valence-corrected chi connectivity index (χ1v) is 27.9. The van der Waals surface area contributed by atoms with Gasteiger partial charge in [-0.2, -0.15) is 9.97 Å². The molecule has 0 atom stereocenters. The molecular weight excluding hydrogens is 895 g/mol. The second kappa shape index (κ2) is 18.4. The second-order valence-corrected chi connectivity index (χ2v) is 25.4. The number of nitrogens with zero attached hydrogens (tertiary/aromatic N) is 5. The third-order valence-corrected chi connectivity index (χ3v) is 23.5. The highest BCUT2D eigenvalue weighted by Gasteiger charge is 2.43. The molecule has 0 spiro atoms. The van der Waals surface area contributed by atoms with Crippen LogP contribution in [-0.2, 0) is 0 Å². The minimum absolute atomic E-state index is 0.498. The van der Waals surface area contributed by atoms with Gasteiger partial charge in [-0.1, -0.05) is 255 Å². The van der Waals surface area contributed by atoms with Gasteiger partial charge in [-0.25, -0.2) is 9.83 Å². The zero-order valence-electron chi connectivity index (χ0n) is 38.7. The van der Waals surface area contributed by atoms with Crippen molar-refractivity contribution in [3.8, 4) is 28.7 Å². The highest BCUT2D eigenvalue weighted by Crippen LogP contribution is 2.34. The van der Waals surface area contributed by atoms with Gasteiger partial charge in [0.25, 0.3) is 0 Å². The molecule has 10 aromatic carbocycles. The molecule has 5 nitrogen and oxygen atoms in total. The van der Waals surface area contributed by atoms with Crippen LogP contribution >= 0.6 is 0 Å². The van der Waals surface area contributed by atoms with Crippen LogP contribution in [-0.4, -0.2) is 35.7 Å². The zero-order valence-corrected chi connectivity index (χ0v) is 40.7. The first-order valence-electron chi connectivity index (χ1n) is 23.9. The molecule has 0 saturated heterocycles. The monoisotopic (exact) mass is 939 g/mol. The van der Waals surface area contributed by atoms with E-state index in [4.69, 9.17) is 21.5 Å². The van der Waals surface area contributed by atoms with Crippen molar-refractivity contribution in [2.75, 3.05) is 0 Å². The van der Waals surface area contributed by atoms with Gasteiger partial charge >= 0.3 is 0 Å². The van der Waals surface area contributed by atoms with E-state index in [1.807, 2.05) is 30.3 Å². The molecule has 0 N–H and O–H groups in total. The second-order valence-electron chi connectivity index (χ2n) is 17.8. The molecule has 12 rings (SSSR count). The van der Waals surface area contributed by atoms with Gasteiger partial charge in [-0.15, -0.1) is 0 Å². The van der Waals surface area contributed by atoms with Crippen LogP contribution in [0.25, 0.3) is 55.4 Å². The Kier molecular flexibility index (Phi) is 11.2. The van der Waals surface area contributed by atoms with E-state index in [9.17, 15) is 0 Å². The quantitative estimate of drug-likeness (QED) is 0.0738. The zero-order chi connectivity index (χ0) is 47.6. The molecule has 0 aliphatic heterocycles. The lowest BCUT2D eigenvalue weighted by Gasteiger charge is -2.34. The first kappa shape index (κ1) is 43.2. The van der Waals surface area contributed by atoms with Crippen LogP contribution in [0, 0.1) is 6.57 Å². The smallest absolute Gasteiger partial charge is 0.238 e. The average Bonchev–Trinajstić information content (AvgIpc) is 3.79. The van der Waals surface area contributed by atoms with Gasteiger partial charge in [0.15, 0.2) is 33.5 Å². The lowest BCUT2D eigenvalue weighted by Crippen LogP contribution is -2.74. The van der Waals surface area contributed by atoms with Crippen molar-refractivity contribution in [1.82, 2.24) is 19.5 Å². The van der Waals surface area contributed by atoms with Gasteiger partial charge in [-0.05, 0) is 65.1 Å². The summed E-state index contributed by atoms with van der Waals surface area (Å²) in [5, 5.41) is 12.2. The van der Waals surface area contributed by atoms with Crippen molar-refractivity contribution >= 4 is 85.1 Å². The standard InChI is InChI=1S/C64H45N5Si2/c1-65-49-42-43-61-59(46-49)58-40-20-21-41-60(58)69(61)64-67-62(47-24-22-38-56(44-47)70(50-26-8-2-9-27-50,51-28-10-3-11-29-51)52-30-12-4-13-31-52)66-63(68-64)48-25-23-39-57(45-48)71(53-32-14-5-15-33-53,54-34-16-6-17-35-54)55-36-18-7-19-37-55/h2-46H. The fourth-order valence-corrected chi connectivity index (χ4v) is 20.5. The highest BCUT2D eigenvalue weighted by atomic mass is 28.3. The van der Waals surface area contributed by atoms with Crippen LogP contribution < -0.4 is 41.5 Å². The van der Waals surface area contributed by atoms with Crippen LogP contribution in [0.3, 0.4) is 0 Å². The summed E-state index contributed by atoms with van der Waals surface area (Å²) in [7, 11) is -5.82. The maximum atomic E-state index is 7.89. The van der Waals surface area contributed by atoms with Crippen LogP contribution in [0.1, 0.15) is 0 Å². The van der Waals surface area contributed by atoms with Crippen LogP contribution in [0.15, 0.2) is 273 Å². The summed E-state index contributed by atoms with van der Waals surface area (Å²) in [6, 6.07) is 97.9. The predicted octanol–water partition coefficient (Wildman–Crippen LogP) is 9.61. The Bertz CT molecular complexity index is 3500. The van der Waals surface area contributed by atoms with E-state index in [2.05, 4.69) is 252 Å². The number of fused-ring (bicyclic) bond motifs is 3. The average molecular weight is 940 g/mol. The molecule has 12 aromatic rings. The van der Waals surface area contributed by atoms with Gasteiger partial charge in [0.1, 0.15) is 0 Å². The summed E-state index contributed by atoms with van der Waals surface area (Å²) in [5.41, 5.74) is 4.22. The van der Waals surface area contributed by atoms with Crippen molar-refractivity contribution in [2.24, 2.45) is 0 Å². The van der Waals surface area contributed by atoms with E-state index >= 15 is 0 Å². The largest absolute Gasteiger partial charge is 0.278 e. The molecule has 0 bridgehead atoms. The van der Waals surface area contributed by atoms with Gasteiger partial charge in [0.2, 0.25) is 5.95 Å². The molecule has 0 unspecified atom stereocenters. The minimum atomic E-state index is -2.91. The van der Waals surface area contributed by atoms with Crippen molar-refractivity contribution in [1.29, 1.82) is 0 Å². The number of aromatic nitrogens is 4. The van der Waals surface area contributed by atoms with Crippen LogP contribution in [0.2, 0.25) is 0 Å². The fraction of sp³-hybridized carbons (Fsp3) is 0. The Morgan fingerprint density at radius 2 is 0.662 bits per heavy atom. The molecule has 2 aromatic heterocycles. The molecule has 0 amide bonds. The van der Waals surface area contributed by atoms with E-state index in [1.165, 1.54) is 41.5 Å². The van der Waals surface area contributed by atoms with Crippen molar-refractivity contribution in [3.05, 3.63) is 284 Å². The molecular formula is C64H45N5Si2. The van der Waals surface area contributed by atoms with Gasteiger partial charge in [0, 0.05) is 16.5 Å². The Morgan fingerprint density at radius 3 is 1.06 bits per heavy atom. The minimum Gasteiger partial charge on any atom is -0.278 e. The fourth-order valence-electron chi connectivity index (χ4n) is 10.9. The highest BCUT2D eigenvalue weighted by molar-refractivity contribution is 7.20. The van der Waals surface area contributed by atoms with Crippen LogP contribution in [0.5, 0.6) is 0 Å². The maximum absolute atomic E-state index is 7.89. The molecule has 0 aliphatic rings. The van der Waals surface area contributed by atoms with E-state index in [-0.39, 0.29) is 0 Å². The molecule has 0 saturated carbocycles. The molecule has 7 heteroatoms. The van der Waals surface area contributed by atoms with E-state index < -0.39 is 16.1 Å². The molecule has 71 heavy (non-hydrogen) atoms. The normalized spacial score (nSPS) is 11.6. The number of benzene rings is 10. The summed E-state index contributed by atoms with van der Waals surface area (Å²) >= 11 is 0. The summed E-state index contributed by atoms with van der Waals surface area (Å²) in [4.78, 5) is 20.3. The number of para-hydroxylation sites is 1. The maximum Gasteiger partial charge on any atom is 0.238 e. The Labute approximate surface area is 415 Å². The van der Waals surface area contributed by atoms with Gasteiger partial charge in [0.05, 0.1) is 17.6 Å². The number of hydrogen-bond acceptors (Lipinski definition) is 3. The third kappa shape index (κ3) is 7.42. The molecule has 0 fully saturated rings. The topological polar surface area (TPSA) is 48.0 Å². The Morgan fingerprint density at radius 1 is 0.310 bits per heavy atom. The summed E-state index contributed by atoms with van der Waals surface area (Å²) in [6.45, 7) is 7.89. The molecule has 0 aliphatic carbocycles. The number of hydrogen-bond donors (Lipinski definition) is 0. The van der Waals surface area contributed by atoms with Crippen molar-refractivity contribution in [3.63, 3.8) is 0 Å². The summed E-state index contributed by atoms with van der Waals surface area (Å²) in [5.74, 6) is 1.63. The predicted molar refractivity (Wildman–Crippen MR) is 299 cm³/mol.